The zero-order chi connectivity index (χ0) is 47.2. The van der Waals surface area contributed by atoms with E-state index < -0.39 is 77.0 Å². The molecule has 0 radical (unpaired) electrons. The van der Waals surface area contributed by atoms with Gasteiger partial charge in [0, 0.05) is 47.3 Å². The number of phosphoric acid groups is 2. The van der Waals surface area contributed by atoms with Crippen molar-refractivity contribution in [1.29, 1.82) is 0 Å². The van der Waals surface area contributed by atoms with Crippen LogP contribution in [0.4, 0.5) is 10.7 Å². The largest absolute Gasteiger partial charge is 0.508 e. The first kappa shape index (κ1) is 47.0. The predicted molar refractivity (Wildman–Crippen MR) is 223 cm³/mol. The number of rotatable bonds is 15. The number of aromatic hydroxyl groups is 1. The van der Waals surface area contributed by atoms with Crippen LogP contribution in [0.5, 0.6) is 5.75 Å². The highest BCUT2D eigenvalue weighted by Crippen LogP contribution is 2.66. The van der Waals surface area contributed by atoms with Crippen LogP contribution < -0.4 is 27.4 Å². The van der Waals surface area contributed by atoms with E-state index in [1.165, 1.54) is 48.5 Å². The van der Waals surface area contributed by atoms with Gasteiger partial charge in [-0.3, -0.25) is 28.5 Å². The van der Waals surface area contributed by atoms with Crippen LogP contribution in [0.25, 0.3) is 44.6 Å². The zero-order valence-corrected chi connectivity index (χ0v) is 35.8. The number of anilines is 1. The summed E-state index contributed by atoms with van der Waals surface area (Å²) in [5.74, 6) is -2.58. The number of nitrogens with two attached hydrogens (primary N) is 1. The van der Waals surface area contributed by atoms with Crippen molar-refractivity contribution in [2.24, 2.45) is 0 Å². The van der Waals surface area contributed by atoms with E-state index in [0.29, 0.717) is 16.5 Å². The Bertz CT molecular complexity index is 3120. The number of amides is 2. The molecule has 0 bridgehead atoms. The number of carbonyl (C=O) groups is 3. The van der Waals surface area contributed by atoms with Gasteiger partial charge in [0.2, 0.25) is 5.95 Å². The normalized spacial score (nSPS) is 19.5. The van der Waals surface area contributed by atoms with Crippen molar-refractivity contribution in [3.05, 3.63) is 92.6 Å². The fourth-order valence-electron chi connectivity index (χ4n) is 6.64. The first-order valence-corrected chi connectivity index (χ1v) is 23.7. The molecule has 2 aromatic heterocycles. The third kappa shape index (κ3) is 10.6. The van der Waals surface area contributed by atoms with Gasteiger partial charge in [-0.1, -0.05) is 6.07 Å². The van der Waals surface area contributed by atoms with Gasteiger partial charge in [0.1, 0.15) is 29.3 Å². The number of nitrogens with zero attached hydrogens (tertiary/aromatic N) is 3. The highest BCUT2D eigenvalue weighted by Gasteiger charge is 2.49. The van der Waals surface area contributed by atoms with Crippen molar-refractivity contribution >= 4 is 80.2 Å². The average Bonchev–Trinajstić information content (AvgIpc) is 3.75. The van der Waals surface area contributed by atoms with E-state index in [1.807, 2.05) is 0 Å². The fraction of sp³-hybridized carbons (Fsp3) is 0.206. The summed E-state index contributed by atoms with van der Waals surface area (Å²) in [5.41, 5.74) is 4.61. The standard InChI is InChI=1S/C34H32N7O20P3S/c35-33-39-28-25(30(46)40-33)38-13-41(28)31-27(26(44)23(58-31)12-56-62(50,51)60-63(52,53)61-64(54,55)65)59-34(49)37-8-7-36-29(45)14-1-4-17(20(9-14)32(47)48)24-18-5-2-15(42)10-21(18)57-22-11-16(43)3-6-19(22)24/h1-6,9-11,13,23,26-27,31,42,44H,7-8,12H2,(H,36,45)(H,37,49)(H,47,48)(H,50,51)(H,52,53)(H2,54,55,65)(H3,35,39,40,46)/t23-,26-,27-,31-/m1/s1. The van der Waals surface area contributed by atoms with Crippen LogP contribution in [0, 0.1) is 0 Å². The number of carbonyl (C=O) groups excluding carboxylic acids is 2. The number of aliphatic hydroxyl groups excluding tert-OH is 1. The molecule has 1 aliphatic carbocycles. The van der Waals surface area contributed by atoms with E-state index in [1.54, 1.807) is 0 Å². The number of hydrogen-bond acceptors (Lipinski definition) is 19. The Kier molecular flexibility index (Phi) is 13.1. The minimum Gasteiger partial charge on any atom is -0.508 e. The molecule has 31 heteroatoms. The molecule has 1 saturated heterocycles. The number of fused-ring (bicyclic) bond motifs is 3. The molecule has 2 aromatic carbocycles. The van der Waals surface area contributed by atoms with E-state index in [9.17, 15) is 58.2 Å². The zero-order valence-electron chi connectivity index (χ0n) is 32.3. The second-order valence-corrected chi connectivity index (χ2v) is 19.5. The number of imidazole rings is 1. The van der Waals surface area contributed by atoms with E-state index in [0.717, 1.165) is 17.0 Å². The molecule has 27 nitrogen and oxygen atoms in total. The lowest BCUT2D eigenvalue weighted by Gasteiger charge is -2.22. The molecule has 4 aromatic rings. The van der Waals surface area contributed by atoms with Crippen molar-refractivity contribution in [2.75, 3.05) is 25.4 Å². The molecule has 2 aliphatic heterocycles. The van der Waals surface area contributed by atoms with Crippen LogP contribution >= 0.6 is 22.4 Å². The lowest BCUT2D eigenvalue weighted by molar-refractivity contribution is -0.0522. The topological polar surface area (TPSA) is 417 Å². The van der Waals surface area contributed by atoms with Crippen LogP contribution in [-0.2, 0) is 43.6 Å². The monoisotopic (exact) mass is 983 g/mol. The summed E-state index contributed by atoms with van der Waals surface area (Å²) in [6.45, 7) is -6.63. The Balaban J connectivity index is 1.04. The molecule has 1 fully saturated rings. The Morgan fingerprint density at radius 3 is 2.40 bits per heavy atom. The molecule has 12 N–H and O–H groups in total. The number of carboxylic acids is 1. The molecule has 7 rings (SSSR count). The number of nitrogens with one attached hydrogen (secondary N) is 3. The summed E-state index contributed by atoms with van der Waals surface area (Å²) in [4.78, 5) is 111. The minimum absolute atomic E-state index is 0.102. The van der Waals surface area contributed by atoms with Gasteiger partial charge in [0.05, 0.1) is 18.5 Å². The number of H-pyrrole nitrogens is 1. The number of ether oxygens (including phenoxy) is 2. The first-order chi connectivity index (χ1) is 30.5. The number of hydrogen-bond donors (Lipinski definition) is 11. The van der Waals surface area contributed by atoms with Gasteiger partial charge in [-0.05, 0) is 53.8 Å². The van der Waals surface area contributed by atoms with Crippen molar-refractivity contribution in [3.8, 4) is 28.2 Å². The van der Waals surface area contributed by atoms with Gasteiger partial charge in [0.15, 0.2) is 28.9 Å². The van der Waals surface area contributed by atoms with Crippen molar-refractivity contribution < 1.29 is 85.4 Å². The Morgan fingerprint density at radius 1 is 0.954 bits per heavy atom. The van der Waals surface area contributed by atoms with Crippen LogP contribution in [-0.4, -0.2) is 110 Å². The summed E-state index contributed by atoms with van der Waals surface area (Å²) in [5, 5.41) is 36.7. The molecular weight excluding hydrogens is 951 g/mol. The van der Waals surface area contributed by atoms with Crippen molar-refractivity contribution in [1.82, 2.24) is 30.2 Å². The van der Waals surface area contributed by atoms with E-state index >= 15 is 0 Å². The van der Waals surface area contributed by atoms with Gasteiger partial charge in [-0.2, -0.15) is 9.29 Å². The number of carboxylic acid groups (broad SMARTS) is 1. The van der Waals surface area contributed by atoms with E-state index in [2.05, 4.69) is 50.5 Å². The number of aromatic amines is 1. The van der Waals surface area contributed by atoms with Gasteiger partial charge < -0.3 is 65.2 Å². The fourth-order valence-corrected chi connectivity index (χ4v) is 10.4. The summed E-state index contributed by atoms with van der Waals surface area (Å²) in [7, 11) is -11.3. The Hall–Kier alpha value is -5.96. The number of phosphoric ester groups is 1. The van der Waals surface area contributed by atoms with Gasteiger partial charge in [-0.15, -0.1) is 0 Å². The molecule has 344 valence electrons. The van der Waals surface area contributed by atoms with Crippen molar-refractivity contribution in [3.63, 3.8) is 0 Å². The Labute approximate surface area is 365 Å². The van der Waals surface area contributed by atoms with Crippen LogP contribution in [0.3, 0.4) is 0 Å². The minimum atomic E-state index is -5.71. The number of phenolic OH excluding ortho intramolecular Hbond substituents is 1. The second kappa shape index (κ2) is 18.1. The number of aromatic carboxylic acids is 1. The molecule has 6 atom stereocenters. The maximum Gasteiger partial charge on any atom is 0.488 e. The van der Waals surface area contributed by atoms with Gasteiger partial charge in [0.25, 0.3) is 11.5 Å². The lowest BCUT2D eigenvalue weighted by atomic mass is 9.90. The number of aliphatic hydroxyl groups is 1. The molecule has 3 aliphatic rings. The summed E-state index contributed by atoms with van der Waals surface area (Å²) in [6.07, 6.45) is -7.32. The van der Waals surface area contributed by atoms with Gasteiger partial charge in [-0.25, -0.2) is 28.0 Å². The maximum atomic E-state index is 13.2. The quantitative estimate of drug-likeness (QED) is 0.0391. The summed E-state index contributed by atoms with van der Waals surface area (Å²) < 4.78 is 54.8. The highest BCUT2D eigenvalue weighted by atomic mass is 32.5. The molecule has 2 unspecified atom stereocenters. The Morgan fingerprint density at radius 2 is 1.68 bits per heavy atom. The molecule has 0 saturated carbocycles. The smallest absolute Gasteiger partial charge is 0.488 e. The third-order valence-corrected chi connectivity index (χ3v) is 13.6. The number of benzene rings is 3. The van der Waals surface area contributed by atoms with Crippen LogP contribution in [0.2, 0.25) is 0 Å². The van der Waals surface area contributed by atoms with E-state index in [-0.39, 0.29) is 69.4 Å². The predicted octanol–water partition coefficient (Wildman–Crippen LogP) is 1.23. The maximum absolute atomic E-state index is 13.2. The number of alkyl carbamates (subject to hydrolysis) is 1. The van der Waals surface area contributed by atoms with Crippen LogP contribution in [0.1, 0.15) is 26.9 Å². The second-order valence-electron chi connectivity index (χ2n) is 13.7. The molecule has 2 amide bonds. The number of phenols is 1. The van der Waals surface area contributed by atoms with Crippen molar-refractivity contribution in [2.45, 2.75) is 24.5 Å². The SMILES string of the molecule is Nc1nc2c(ncn2[C@@H]2O[C@H](COP(=O)(O)OP(=O)(O)OP(O)(O)=S)[C@@H](O)[C@H]2OC(=O)NCCNC(=O)c2ccc(-c3c4ccc(=O)cc-4oc4cc(O)ccc34)c(C(=O)O)c2)c(=O)[nH]1. The number of aromatic nitrogens is 4. The number of nitrogen functional groups attached to an aromatic ring is 1. The summed E-state index contributed by atoms with van der Waals surface area (Å²) >= 11 is 4.04. The molecular formula is C34H32N7O20P3S. The average molecular weight is 984 g/mol. The first-order valence-electron chi connectivity index (χ1n) is 18.1. The molecule has 65 heavy (non-hydrogen) atoms. The van der Waals surface area contributed by atoms with Crippen LogP contribution in [0.15, 0.2) is 74.9 Å². The summed E-state index contributed by atoms with van der Waals surface area (Å²) in [6, 6.07) is 12.0. The lowest BCUT2D eigenvalue weighted by Crippen LogP contribution is -2.41. The molecule has 0 spiro atoms. The van der Waals surface area contributed by atoms with E-state index in [4.69, 9.17) is 29.4 Å². The van der Waals surface area contributed by atoms with Gasteiger partial charge >= 0.3 is 34.4 Å². The highest BCUT2D eigenvalue weighted by molar-refractivity contribution is 8.08. The molecule has 4 heterocycles. The third-order valence-electron chi connectivity index (χ3n) is 9.24.